The summed E-state index contributed by atoms with van der Waals surface area (Å²) in [6.45, 7) is 3.73. The average Bonchev–Trinajstić information content (AvgIpc) is 2.83. The first-order chi connectivity index (χ1) is 15.7. The van der Waals surface area contributed by atoms with Gasteiger partial charge in [0.25, 0.3) is 0 Å². The SMILES string of the molecule is COc1ccccc1CN1CCC(NC(=O)C=Cc2cc(OC)c3c(c2)OCCO3)CC1. The van der Waals surface area contributed by atoms with Crippen LogP contribution in [0.2, 0.25) is 0 Å². The maximum absolute atomic E-state index is 12.5. The highest BCUT2D eigenvalue weighted by molar-refractivity contribution is 5.92. The average molecular weight is 439 g/mol. The Labute approximate surface area is 188 Å². The lowest BCUT2D eigenvalue weighted by molar-refractivity contribution is -0.117. The molecule has 1 fully saturated rings. The lowest BCUT2D eigenvalue weighted by atomic mass is 10.0. The quantitative estimate of drug-likeness (QED) is 0.670. The number of nitrogens with one attached hydrogen (secondary N) is 1. The molecular formula is C25H30N2O5. The number of carbonyl (C=O) groups excluding carboxylic acids is 1. The zero-order valence-corrected chi connectivity index (χ0v) is 18.6. The van der Waals surface area contributed by atoms with Gasteiger partial charge in [-0.2, -0.15) is 0 Å². The number of hydrogen-bond donors (Lipinski definition) is 1. The standard InChI is InChI=1S/C25H30N2O5/c1-29-21-6-4-3-5-19(21)17-27-11-9-20(10-12-27)26-24(28)8-7-18-15-22(30-2)25-23(16-18)31-13-14-32-25/h3-8,15-16,20H,9-14,17H2,1-2H3,(H,26,28). The Bertz CT molecular complexity index is 950. The van der Waals surface area contributed by atoms with E-state index in [-0.39, 0.29) is 11.9 Å². The molecule has 0 unspecified atom stereocenters. The van der Waals surface area contributed by atoms with Crippen LogP contribution < -0.4 is 24.3 Å². The summed E-state index contributed by atoms with van der Waals surface area (Å²) in [5.41, 5.74) is 2.02. The largest absolute Gasteiger partial charge is 0.496 e. The number of ether oxygens (including phenoxy) is 4. The van der Waals surface area contributed by atoms with Gasteiger partial charge in [-0.25, -0.2) is 0 Å². The molecule has 0 aliphatic carbocycles. The first-order valence-electron chi connectivity index (χ1n) is 11.0. The zero-order chi connectivity index (χ0) is 22.3. The van der Waals surface area contributed by atoms with E-state index in [0.29, 0.717) is 30.5 Å². The summed E-state index contributed by atoms with van der Waals surface area (Å²) in [7, 11) is 3.29. The highest BCUT2D eigenvalue weighted by Crippen LogP contribution is 2.40. The van der Waals surface area contributed by atoms with Crippen LogP contribution in [-0.2, 0) is 11.3 Å². The molecule has 7 nitrogen and oxygen atoms in total. The van der Waals surface area contributed by atoms with E-state index in [1.54, 1.807) is 26.4 Å². The molecule has 32 heavy (non-hydrogen) atoms. The van der Waals surface area contributed by atoms with Gasteiger partial charge in [-0.05, 0) is 42.7 Å². The van der Waals surface area contributed by atoms with Gasteiger partial charge in [-0.15, -0.1) is 0 Å². The molecule has 0 spiro atoms. The summed E-state index contributed by atoms with van der Waals surface area (Å²) < 4.78 is 22.1. The van der Waals surface area contributed by atoms with E-state index >= 15 is 0 Å². The molecule has 7 heteroatoms. The summed E-state index contributed by atoms with van der Waals surface area (Å²) in [5, 5.41) is 3.12. The fourth-order valence-corrected chi connectivity index (χ4v) is 4.12. The van der Waals surface area contributed by atoms with Crippen LogP contribution in [0.25, 0.3) is 6.08 Å². The monoisotopic (exact) mass is 438 g/mol. The lowest BCUT2D eigenvalue weighted by Gasteiger charge is -2.32. The van der Waals surface area contributed by atoms with Gasteiger partial charge in [0.15, 0.2) is 11.5 Å². The molecule has 0 aromatic heterocycles. The second kappa shape index (κ2) is 10.4. The van der Waals surface area contributed by atoms with Crippen molar-refractivity contribution < 1.29 is 23.7 Å². The van der Waals surface area contributed by atoms with Crippen molar-refractivity contribution >= 4 is 12.0 Å². The number of hydrogen-bond acceptors (Lipinski definition) is 6. The third-order valence-corrected chi connectivity index (χ3v) is 5.80. The summed E-state index contributed by atoms with van der Waals surface area (Å²) in [6, 6.07) is 12.0. The van der Waals surface area contributed by atoms with Gasteiger partial charge in [-0.1, -0.05) is 18.2 Å². The molecule has 1 amide bonds. The van der Waals surface area contributed by atoms with Crippen LogP contribution in [0.4, 0.5) is 0 Å². The Kier molecular flexibility index (Phi) is 7.17. The summed E-state index contributed by atoms with van der Waals surface area (Å²) in [4.78, 5) is 14.9. The normalized spacial score (nSPS) is 16.7. The van der Waals surface area contributed by atoms with E-state index in [1.165, 1.54) is 5.56 Å². The molecule has 2 heterocycles. The third kappa shape index (κ3) is 5.34. The third-order valence-electron chi connectivity index (χ3n) is 5.80. The van der Waals surface area contributed by atoms with E-state index in [0.717, 1.165) is 43.8 Å². The molecular weight excluding hydrogens is 408 g/mol. The van der Waals surface area contributed by atoms with Gasteiger partial charge in [0, 0.05) is 37.3 Å². The molecule has 1 N–H and O–H groups in total. The maximum atomic E-state index is 12.5. The van der Waals surface area contributed by atoms with Crippen molar-refractivity contribution in [1.82, 2.24) is 10.2 Å². The van der Waals surface area contributed by atoms with Gasteiger partial charge in [0.2, 0.25) is 11.7 Å². The number of para-hydroxylation sites is 1. The Morgan fingerprint density at radius 3 is 2.62 bits per heavy atom. The predicted octanol–water partition coefficient (Wildman–Crippen LogP) is 3.27. The van der Waals surface area contributed by atoms with E-state index < -0.39 is 0 Å². The number of rotatable bonds is 7. The van der Waals surface area contributed by atoms with E-state index in [9.17, 15) is 4.79 Å². The molecule has 0 radical (unpaired) electrons. The topological polar surface area (TPSA) is 69.3 Å². The van der Waals surface area contributed by atoms with E-state index in [2.05, 4.69) is 16.3 Å². The fraction of sp³-hybridized carbons (Fsp3) is 0.400. The van der Waals surface area contributed by atoms with Crippen LogP contribution in [0.5, 0.6) is 23.0 Å². The number of carbonyl (C=O) groups is 1. The summed E-state index contributed by atoms with van der Waals surface area (Å²) >= 11 is 0. The van der Waals surface area contributed by atoms with Crippen LogP contribution in [0, 0.1) is 0 Å². The molecule has 2 aliphatic rings. The highest BCUT2D eigenvalue weighted by Gasteiger charge is 2.21. The minimum absolute atomic E-state index is 0.0953. The molecule has 2 aromatic rings. The summed E-state index contributed by atoms with van der Waals surface area (Å²) in [6.07, 6.45) is 5.18. The van der Waals surface area contributed by atoms with Crippen molar-refractivity contribution in [2.75, 3.05) is 40.5 Å². The second-order valence-electron chi connectivity index (χ2n) is 7.95. The molecule has 170 valence electrons. The maximum Gasteiger partial charge on any atom is 0.244 e. The Morgan fingerprint density at radius 1 is 1.09 bits per heavy atom. The van der Waals surface area contributed by atoms with Crippen molar-refractivity contribution in [1.29, 1.82) is 0 Å². The number of likely N-dealkylation sites (tertiary alicyclic amines) is 1. The zero-order valence-electron chi connectivity index (χ0n) is 18.6. The minimum atomic E-state index is -0.0953. The number of fused-ring (bicyclic) bond motifs is 1. The van der Waals surface area contributed by atoms with Crippen molar-refractivity contribution in [3.05, 3.63) is 53.6 Å². The van der Waals surface area contributed by atoms with Crippen molar-refractivity contribution in [2.45, 2.75) is 25.4 Å². The molecule has 1 saturated heterocycles. The van der Waals surface area contributed by atoms with Gasteiger partial charge < -0.3 is 24.3 Å². The molecule has 2 aromatic carbocycles. The Balaban J connectivity index is 1.28. The van der Waals surface area contributed by atoms with Crippen molar-refractivity contribution in [3.63, 3.8) is 0 Å². The predicted molar refractivity (Wildman–Crippen MR) is 122 cm³/mol. The van der Waals surface area contributed by atoms with Crippen molar-refractivity contribution in [2.24, 2.45) is 0 Å². The van der Waals surface area contributed by atoms with Gasteiger partial charge in [0.1, 0.15) is 19.0 Å². The number of amides is 1. The van der Waals surface area contributed by atoms with Gasteiger partial charge in [-0.3, -0.25) is 9.69 Å². The number of methoxy groups -OCH3 is 2. The van der Waals surface area contributed by atoms with Crippen LogP contribution in [0.15, 0.2) is 42.5 Å². The first-order valence-corrected chi connectivity index (χ1v) is 11.0. The fourth-order valence-electron chi connectivity index (χ4n) is 4.12. The summed E-state index contributed by atoms with van der Waals surface area (Å²) in [5.74, 6) is 2.67. The first kappa shape index (κ1) is 22.0. The molecule has 0 atom stereocenters. The molecule has 4 rings (SSSR count). The Hall–Kier alpha value is -3.19. The van der Waals surface area contributed by atoms with E-state index in [1.807, 2.05) is 30.3 Å². The Morgan fingerprint density at radius 2 is 1.84 bits per heavy atom. The van der Waals surface area contributed by atoms with Crippen LogP contribution >= 0.6 is 0 Å². The van der Waals surface area contributed by atoms with Gasteiger partial charge in [0.05, 0.1) is 14.2 Å². The molecule has 0 saturated carbocycles. The van der Waals surface area contributed by atoms with E-state index in [4.69, 9.17) is 18.9 Å². The highest BCUT2D eigenvalue weighted by atomic mass is 16.6. The number of piperidine rings is 1. The van der Waals surface area contributed by atoms with Crippen LogP contribution in [-0.4, -0.2) is 57.4 Å². The van der Waals surface area contributed by atoms with Crippen LogP contribution in [0.3, 0.4) is 0 Å². The second-order valence-corrected chi connectivity index (χ2v) is 7.95. The number of benzene rings is 2. The smallest absolute Gasteiger partial charge is 0.244 e. The van der Waals surface area contributed by atoms with Gasteiger partial charge >= 0.3 is 0 Å². The van der Waals surface area contributed by atoms with Crippen molar-refractivity contribution in [3.8, 4) is 23.0 Å². The van der Waals surface area contributed by atoms with Crippen LogP contribution in [0.1, 0.15) is 24.0 Å². The lowest BCUT2D eigenvalue weighted by Crippen LogP contribution is -2.43. The number of nitrogens with zero attached hydrogens (tertiary/aromatic N) is 1. The molecule has 0 bridgehead atoms. The molecule has 2 aliphatic heterocycles. The minimum Gasteiger partial charge on any atom is -0.496 e.